The summed E-state index contributed by atoms with van der Waals surface area (Å²) in [7, 11) is 1.60. The first-order valence-electron chi connectivity index (χ1n) is 6.79. The van der Waals surface area contributed by atoms with E-state index in [9.17, 15) is 9.59 Å². The summed E-state index contributed by atoms with van der Waals surface area (Å²) in [5, 5.41) is 2.80. The average molecular weight is 298 g/mol. The lowest BCUT2D eigenvalue weighted by Crippen LogP contribution is -2.15. The van der Waals surface area contributed by atoms with E-state index in [-0.39, 0.29) is 5.91 Å². The van der Waals surface area contributed by atoms with Gasteiger partial charge in [-0.2, -0.15) is 0 Å². The van der Waals surface area contributed by atoms with Gasteiger partial charge in [0, 0.05) is 16.8 Å². The first kappa shape index (κ1) is 15.6. The van der Waals surface area contributed by atoms with Crippen molar-refractivity contribution < 1.29 is 14.3 Å². The number of primary amides is 1. The van der Waals surface area contributed by atoms with E-state index in [1.54, 1.807) is 43.5 Å². The molecule has 0 radical (unpaired) electrons. The van der Waals surface area contributed by atoms with E-state index in [1.165, 1.54) is 0 Å². The summed E-state index contributed by atoms with van der Waals surface area (Å²) < 4.78 is 5.24. The molecule has 2 aromatic rings. The molecule has 2 rings (SSSR count). The molecule has 0 spiro atoms. The van der Waals surface area contributed by atoms with Gasteiger partial charge < -0.3 is 15.8 Å². The smallest absolute Gasteiger partial charge is 0.255 e. The van der Waals surface area contributed by atoms with E-state index in [4.69, 9.17) is 10.5 Å². The Morgan fingerprint density at radius 1 is 1.00 bits per heavy atom. The molecule has 22 heavy (non-hydrogen) atoms. The number of hydrogen-bond donors (Lipinski definition) is 2. The predicted molar refractivity (Wildman–Crippen MR) is 85.4 cm³/mol. The Labute approximate surface area is 129 Å². The lowest BCUT2D eigenvalue weighted by Gasteiger charge is -2.12. The fourth-order valence-corrected chi connectivity index (χ4v) is 2.18. The number of amides is 2. The first-order valence-corrected chi connectivity index (χ1v) is 6.79. The molecule has 0 saturated carbocycles. The summed E-state index contributed by atoms with van der Waals surface area (Å²) in [5.74, 6) is 0.0365. The standard InChI is InChI=1S/C17H18N2O3/c1-10-11(2)15(22-3)9-8-14(10)17(21)19-13-6-4-12(5-7-13)16(18)20/h4-9H,1-3H3,(H2,18,20)(H,19,21). The second-order valence-electron chi connectivity index (χ2n) is 4.96. The van der Waals surface area contributed by atoms with Crippen molar-refractivity contribution in [1.82, 2.24) is 0 Å². The van der Waals surface area contributed by atoms with Crippen molar-refractivity contribution in [2.24, 2.45) is 5.73 Å². The fourth-order valence-electron chi connectivity index (χ4n) is 2.18. The van der Waals surface area contributed by atoms with Crippen LogP contribution < -0.4 is 15.8 Å². The number of benzene rings is 2. The molecule has 5 heteroatoms. The van der Waals surface area contributed by atoms with E-state index >= 15 is 0 Å². The Hall–Kier alpha value is -2.82. The minimum Gasteiger partial charge on any atom is -0.496 e. The Kier molecular flexibility index (Phi) is 4.46. The zero-order chi connectivity index (χ0) is 16.3. The lowest BCUT2D eigenvalue weighted by atomic mass is 10.0. The number of ether oxygens (including phenoxy) is 1. The number of hydrogen-bond acceptors (Lipinski definition) is 3. The highest BCUT2D eigenvalue weighted by molar-refractivity contribution is 6.05. The molecule has 0 aromatic heterocycles. The predicted octanol–water partition coefficient (Wildman–Crippen LogP) is 2.66. The van der Waals surface area contributed by atoms with Crippen LogP contribution in [0.25, 0.3) is 0 Å². The van der Waals surface area contributed by atoms with E-state index in [2.05, 4.69) is 5.32 Å². The van der Waals surface area contributed by atoms with E-state index in [1.807, 2.05) is 13.8 Å². The molecular weight excluding hydrogens is 280 g/mol. The molecule has 0 fully saturated rings. The molecule has 0 aliphatic rings. The topological polar surface area (TPSA) is 81.4 Å². The van der Waals surface area contributed by atoms with E-state index < -0.39 is 5.91 Å². The third-order valence-corrected chi connectivity index (χ3v) is 3.63. The van der Waals surface area contributed by atoms with E-state index in [0.717, 1.165) is 16.9 Å². The number of rotatable bonds is 4. The van der Waals surface area contributed by atoms with Gasteiger partial charge in [0.05, 0.1) is 7.11 Å². The number of anilines is 1. The molecule has 0 saturated heterocycles. The Morgan fingerprint density at radius 3 is 2.18 bits per heavy atom. The molecule has 0 heterocycles. The lowest BCUT2D eigenvalue weighted by molar-refractivity contribution is 0.0998. The van der Waals surface area contributed by atoms with Crippen LogP contribution in [-0.4, -0.2) is 18.9 Å². The second kappa shape index (κ2) is 6.30. The fraction of sp³-hybridized carbons (Fsp3) is 0.176. The summed E-state index contributed by atoms with van der Waals surface area (Å²) >= 11 is 0. The van der Waals surface area contributed by atoms with Crippen molar-refractivity contribution in [2.45, 2.75) is 13.8 Å². The van der Waals surface area contributed by atoms with Crippen LogP contribution in [0.5, 0.6) is 5.75 Å². The molecule has 3 N–H and O–H groups in total. The number of carbonyl (C=O) groups excluding carboxylic acids is 2. The summed E-state index contributed by atoms with van der Waals surface area (Å²) in [6.45, 7) is 3.79. The number of nitrogens with two attached hydrogens (primary N) is 1. The van der Waals surface area contributed by atoms with Gasteiger partial charge in [0.1, 0.15) is 5.75 Å². The largest absolute Gasteiger partial charge is 0.496 e. The monoisotopic (exact) mass is 298 g/mol. The Morgan fingerprint density at radius 2 is 1.64 bits per heavy atom. The van der Waals surface area contributed by atoms with Crippen molar-refractivity contribution in [3.63, 3.8) is 0 Å². The zero-order valence-electron chi connectivity index (χ0n) is 12.8. The van der Waals surface area contributed by atoms with Crippen LogP contribution in [0.2, 0.25) is 0 Å². The minimum atomic E-state index is -0.500. The zero-order valence-corrected chi connectivity index (χ0v) is 12.8. The highest BCUT2D eigenvalue weighted by Gasteiger charge is 2.13. The third-order valence-electron chi connectivity index (χ3n) is 3.63. The molecule has 0 unspecified atom stereocenters. The van der Waals surface area contributed by atoms with Gasteiger partial charge in [-0.1, -0.05) is 0 Å². The number of nitrogens with one attached hydrogen (secondary N) is 1. The van der Waals surface area contributed by atoms with Crippen molar-refractivity contribution in [3.8, 4) is 5.75 Å². The summed E-state index contributed by atoms with van der Waals surface area (Å²) in [5.41, 5.74) is 8.56. The van der Waals surface area contributed by atoms with E-state index in [0.29, 0.717) is 16.8 Å². The van der Waals surface area contributed by atoms with Crippen LogP contribution in [-0.2, 0) is 0 Å². The van der Waals surface area contributed by atoms with Gasteiger partial charge in [0.2, 0.25) is 5.91 Å². The molecule has 0 aliphatic heterocycles. The second-order valence-corrected chi connectivity index (χ2v) is 4.96. The first-order chi connectivity index (χ1) is 10.4. The average Bonchev–Trinajstić information content (AvgIpc) is 2.50. The van der Waals surface area contributed by atoms with Crippen molar-refractivity contribution in [1.29, 1.82) is 0 Å². The summed E-state index contributed by atoms with van der Waals surface area (Å²) in [6, 6.07) is 9.93. The third kappa shape index (κ3) is 3.09. The molecule has 0 bridgehead atoms. The normalized spacial score (nSPS) is 10.1. The van der Waals surface area contributed by atoms with Gasteiger partial charge >= 0.3 is 0 Å². The highest BCUT2D eigenvalue weighted by Crippen LogP contribution is 2.24. The minimum absolute atomic E-state index is 0.213. The maximum Gasteiger partial charge on any atom is 0.255 e. The van der Waals surface area contributed by atoms with Gasteiger partial charge in [-0.05, 0) is 61.4 Å². The Balaban J connectivity index is 2.22. The van der Waals surface area contributed by atoms with Crippen molar-refractivity contribution >= 4 is 17.5 Å². The molecule has 0 aliphatic carbocycles. The van der Waals surface area contributed by atoms with Crippen molar-refractivity contribution in [3.05, 3.63) is 58.7 Å². The van der Waals surface area contributed by atoms with Gasteiger partial charge in [0.15, 0.2) is 0 Å². The van der Waals surface area contributed by atoms with Gasteiger partial charge in [-0.25, -0.2) is 0 Å². The van der Waals surface area contributed by atoms with Crippen LogP contribution >= 0.6 is 0 Å². The maximum absolute atomic E-state index is 12.4. The molecule has 2 amide bonds. The Bertz CT molecular complexity index is 721. The SMILES string of the molecule is COc1ccc(C(=O)Nc2ccc(C(N)=O)cc2)c(C)c1C. The molecule has 114 valence electrons. The summed E-state index contributed by atoms with van der Waals surface area (Å²) in [4.78, 5) is 23.4. The van der Waals surface area contributed by atoms with Crippen LogP contribution in [0, 0.1) is 13.8 Å². The summed E-state index contributed by atoms with van der Waals surface area (Å²) in [6.07, 6.45) is 0. The van der Waals surface area contributed by atoms with Crippen LogP contribution in [0.1, 0.15) is 31.8 Å². The van der Waals surface area contributed by atoms with Crippen LogP contribution in [0.15, 0.2) is 36.4 Å². The highest BCUT2D eigenvalue weighted by atomic mass is 16.5. The number of methoxy groups -OCH3 is 1. The van der Waals surface area contributed by atoms with Gasteiger partial charge in [-0.3, -0.25) is 9.59 Å². The maximum atomic E-state index is 12.4. The van der Waals surface area contributed by atoms with Crippen LogP contribution in [0.4, 0.5) is 5.69 Å². The van der Waals surface area contributed by atoms with Crippen molar-refractivity contribution in [2.75, 3.05) is 12.4 Å². The number of carbonyl (C=O) groups is 2. The van der Waals surface area contributed by atoms with Gasteiger partial charge in [0.25, 0.3) is 5.91 Å². The quantitative estimate of drug-likeness (QED) is 0.910. The van der Waals surface area contributed by atoms with Gasteiger partial charge in [-0.15, -0.1) is 0 Å². The molecule has 0 atom stereocenters. The molecule has 2 aromatic carbocycles. The van der Waals surface area contributed by atoms with Crippen LogP contribution in [0.3, 0.4) is 0 Å². The molecular formula is C17H18N2O3. The molecule has 5 nitrogen and oxygen atoms in total.